The van der Waals surface area contributed by atoms with Crippen LogP contribution in [0.5, 0.6) is 0 Å². The number of aromatic amines is 1. The quantitative estimate of drug-likeness (QED) is 0.687. The minimum atomic E-state index is 0. The maximum absolute atomic E-state index is 4.52. The Morgan fingerprint density at radius 2 is 1.86 bits per heavy atom. The van der Waals surface area contributed by atoms with Crippen molar-refractivity contribution in [3.8, 4) is 11.3 Å². The third-order valence-corrected chi connectivity index (χ3v) is 6.06. The zero-order chi connectivity index (χ0) is 18.9. The number of hydrogen-bond donors (Lipinski definition) is 2. The minimum absolute atomic E-state index is 0. The number of aryl methyl sites for hydroxylation is 1. The fourth-order valence-electron chi connectivity index (χ4n) is 4.41. The number of likely N-dealkylation sites (tertiary alicyclic amines) is 1. The molecule has 4 heterocycles. The van der Waals surface area contributed by atoms with Crippen molar-refractivity contribution in [2.45, 2.75) is 45.3 Å². The molecule has 1 saturated heterocycles. The number of rotatable bonds is 4. The Bertz CT molecular complexity index is 938. The number of piperidine rings is 1. The summed E-state index contributed by atoms with van der Waals surface area (Å²) >= 11 is 0. The van der Waals surface area contributed by atoms with Gasteiger partial charge in [0.15, 0.2) is 0 Å². The number of hydrogen-bond acceptors (Lipinski definition) is 5. The summed E-state index contributed by atoms with van der Waals surface area (Å²) in [7, 11) is 0. The third kappa shape index (κ3) is 4.08. The molecule has 0 aliphatic carbocycles. The number of nitrogens with zero attached hydrogens (tertiary/aromatic N) is 5. The number of H-pyrrole nitrogens is 1. The normalized spacial score (nSPS) is 17.7. The lowest BCUT2D eigenvalue weighted by Crippen LogP contribution is -2.34. The Balaban J connectivity index is 0.00000205. The molecule has 0 atom stereocenters. The van der Waals surface area contributed by atoms with Crippen LogP contribution in [0.3, 0.4) is 0 Å². The third-order valence-electron chi connectivity index (χ3n) is 6.06. The second-order valence-corrected chi connectivity index (χ2v) is 7.99. The van der Waals surface area contributed by atoms with Crippen molar-refractivity contribution in [3.05, 3.63) is 53.2 Å². The van der Waals surface area contributed by atoms with E-state index in [0.717, 1.165) is 63.6 Å². The molecule has 29 heavy (non-hydrogen) atoms. The first-order chi connectivity index (χ1) is 13.8. The van der Waals surface area contributed by atoms with E-state index in [0.29, 0.717) is 5.92 Å². The van der Waals surface area contributed by atoms with Crippen molar-refractivity contribution >= 4 is 12.4 Å². The molecule has 0 radical (unpaired) electrons. The van der Waals surface area contributed by atoms with Gasteiger partial charge in [-0.3, -0.25) is 10.00 Å². The van der Waals surface area contributed by atoms with Crippen LogP contribution in [0.15, 0.2) is 30.5 Å². The van der Waals surface area contributed by atoms with E-state index in [1.54, 1.807) is 0 Å². The van der Waals surface area contributed by atoms with Crippen LogP contribution in [0.2, 0.25) is 0 Å². The molecule has 154 valence electrons. The highest BCUT2D eigenvalue weighted by atomic mass is 35.5. The lowest BCUT2D eigenvalue weighted by atomic mass is 9.95. The fraction of sp³-hybridized carbons (Fsp3) is 0.476. The first-order valence-corrected chi connectivity index (χ1v) is 10.2. The van der Waals surface area contributed by atoms with E-state index in [4.69, 9.17) is 0 Å². The summed E-state index contributed by atoms with van der Waals surface area (Å²) in [4.78, 5) is 2.54. The van der Waals surface area contributed by atoms with Crippen LogP contribution >= 0.6 is 12.4 Å². The first kappa shape index (κ1) is 20.1. The van der Waals surface area contributed by atoms with Gasteiger partial charge in [0, 0.05) is 31.1 Å². The molecule has 3 aromatic rings. The van der Waals surface area contributed by atoms with Gasteiger partial charge in [-0.1, -0.05) is 29.8 Å². The van der Waals surface area contributed by atoms with E-state index in [1.807, 2.05) is 6.20 Å². The SMILES string of the molecule is Cc1ccc(-c2[nH]ncc2CN2CCC(c3nnc4n3CCNC4)CC2)cc1.Cl. The number of nitrogens with one attached hydrogen (secondary N) is 2. The summed E-state index contributed by atoms with van der Waals surface area (Å²) in [6.07, 6.45) is 4.26. The first-order valence-electron chi connectivity index (χ1n) is 10.2. The largest absolute Gasteiger partial charge is 0.312 e. The van der Waals surface area contributed by atoms with E-state index in [-0.39, 0.29) is 12.4 Å². The number of aromatic nitrogens is 5. The van der Waals surface area contributed by atoms with Gasteiger partial charge in [-0.25, -0.2) is 0 Å². The molecular weight excluding hydrogens is 386 g/mol. The molecule has 2 aliphatic rings. The Morgan fingerprint density at radius 1 is 1.07 bits per heavy atom. The van der Waals surface area contributed by atoms with Crippen molar-refractivity contribution in [2.24, 2.45) is 0 Å². The number of halogens is 1. The maximum Gasteiger partial charge on any atom is 0.147 e. The monoisotopic (exact) mass is 413 g/mol. The number of fused-ring (bicyclic) bond motifs is 1. The molecule has 0 saturated carbocycles. The molecular formula is C21H28ClN7. The Labute approximate surface area is 177 Å². The smallest absolute Gasteiger partial charge is 0.147 e. The molecule has 0 bridgehead atoms. The van der Waals surface area contributed by atoms with E-state index < -0.39 is 0 Å². The molecule has 1 fully saturated rings. The van der Waals surface area contributed by atoms with Crippen LogP contribution in [0, 0.1) is 6.92 Å². The standard InChI is InChI=1S/C21H27N7.ClH/c1-15-2-4-16(5-3-15)20-18(12-23-25-20)14-27-9-6-17(7-10-27)21-26-24-19-13-22-8-11-28(19)21;/h2-5,12,17,22H,6-11,13-14H2,1H3,(H,23,25);1H. The Hall–Kier alpha value is -2.22. The van der Waals surface area contributed by atoms with Gasteiger partial charge in [0.1, 0.15) is 11.6 Å². The highest BCUT2D eigenvalue weighted by Crippen LogP contribution is 2.30. The molecule has 7 nitrogen and oxygen atoms in total. The molecule has 0 spiro atoms. The van der Waals surface area contributed by atoms with Crippen molar-refractivity contribution in [1.29, 1.82) is 0 Å². The van der Waals surface area contributed by atoms with Crippen LogP contribution in [0.4, 0.5) is 0 Å². The van der Waals surface area contributed by atoms with Crippen molar-refractivity contribution in [2.75, 3.05) is 19.6 Å². The molecule has 1 aromatic carbocycles. The van der Waals surface area contributed by atoms with Gasteiger partial charge in [0.2, 0.25) is 0 Å². The predicted molar refractivity (Wildman–Crippen MR) is 115 cm³/mol. The van der Waals surface area contributed by atoms with E-state index in [9.17, 15) is 0 Å². The van der Waals surface area contributed by atoms with E-state index in [2.05, 4.69) is 66.4 Å². The second kappa shape index (κ2) is 8.65. The highest BCUT2D eigenvalue weighted by Gasteiger charge is 2.27. The minimum Gasteiger partial charge on any atom is -0.312 e. The van der Waals surface area contributed by atoms with Gasteiger partial charge in [-0.15, -0.1) is 22.6 Å². The van der Waals surface area contributed by atoms with Gasteiger partial charge in [0.25, 0.3) is 0 Å². The molecule has 2 N–H and O–H groups in total. The summed E-state index contributed by atoms with van der Waals surface area (Å²) in [5.74, 6) is 2.81. The van der Waals surface area contributed by atoms with Gasteiger partial charge >= 0.3 is 0 Å². The van der Waals surface area contributed by atoms with Crippen LogP contribution in [-0.2, 0) is 19.6 Å². The fourth-order valence-corrected chi connectivity index (χ4v) is 4.41. The Morgan fingerprint density at radius 3 is 2.66 bits per heavy atom. The average Bonchev–Trinajstić information content (AvgIpc) is 3.36. The maximum atomic E-state index is 4.52. The van der Waals surface area contributed by atoms with Crippen LogP contribution in [-0.4, -0.2) is 49.5 Å². The van der Waals surface area contributed by atoms with E-state index in [1.165, 1.54) is 22.5 Å². The van der Waals surface area contributed by atoms with E-state index >= 15 is 0 Å². The predicted octanol–water partition coefficient (Wildman–Crippen LogP) is 2.88. The average molecular weight is 414 g/mol. The summed E-state index contributed by atoms with van der Waals surface area (Å²) < 4.78 is 2.34. The molecule has 8 heteroatoms. The van der Waals surface area contributed by atoms with Crippen LogP contribution in [0.1, 0.15) is 41.5 Å². The van der Waals surface area contributed by atoms with Crippen molar-refractivity contribution in [3.63, 3.8) is 0 Å². The van der Waals surface area contributed by atoms with Gasteiger partial charge in [0.05, 0.1) is 18.4 Å². The zero-order valence-corrected chi connectivity index (χ0v) is 17.6. The number of benzene rings is 1. The van der Waals surface area contributed by atoms with Crippen LogP contribution in [0.25, 0.3) is 11.3 Å². The molecule has 0 unspecified atom stereocenters. The van der Waals surface area contributed by atoms with Gasteiger partial charge in [-0.05, 0) is 38.4 Å². The molecule has 5 rings (SSSR count). The zero-order valence-electron chi connectivity index (χ0n) is 16.8. The molecule has 2 aliphatic heterocycles. The highest BCUT2D eigenvalue weighted by molar-refractivity contribution is 5.85. The summed E-state index contributed by atoms with van der Waals surface area (Å²) in [6, 6.07) is 8.64. The summed E-state index contributed by atoms with van der Waals surface area (Å²) in [6.45, 7) is 8.08. The second-order valence-electron chi connectivity index (χ2n) is 7.99. The summed E-state index contributed by atoms with van der Waals surface area (Å²) in [5.41, 5.74) is 4.89. The van der Waals surface area contributed by atoms with Gasteiger partial charge < -0.3 is 9.88 Å². The topological polar surface area (TPSA) is 74.7 Å². The van der Waals surface area contributed by atoms with Crippen LogP contribution < -0.4 is 5.32 Å². The van der Waals surface area contributed by atoms with Crippen molar-refractivity contribution in [1.82, 2.24) is 35.2 Å². The lowest BCUT2D eigenvalue weighted by molar-refractivity contribution is 0.199. The van der Waals surface area contributed by atoms with Crippen molar-refractivity contribution < 1.29 is 0 Å². The Kier molecular flexibility index (Phi) is 5.99. The van der Waals surface area contributed by atoms with Gasteiger partial charge in [-0.2, -0.15) is 5.10 Å². The molecule has 0 amide bonds. The molecule has 2 aromatic heterocycles. The summed E-state index contributed by atoms with van der Waals surface area (Å²) in [5, 5.41) is 19.8. The lowest BCUT2D eigenvalue weighted by Gasteiger charge is -2.32.